The predicted octanol–water partition coefficient (Wildman–Crippen LogP) is 3.36. The highest BCUT2D eigenvalue weighted by Gasteiger charge is 2.09. The van der Waals surface area contributed by atoms with E-state index in [1.165, 1.54) is 5.56 Å². The first-order valence-electron chi connectivity index (χ1n) is 5.70. The molecule has 4 nitrogen and oxygen atoms in total. The van der Waals surface area contributed by atoms with Crippen LogP contribution in [-0.2, 0) is 7.05 Å². The minimum absolute atomic E-state index is 0.183. The topological polar surface area (TPSA) is 39.1 Å². The SMILES string of the molecule is COc1ccc(C(C)Nc2ccn(C)n2)cc1Br. The highest BCUT2D eigenvalue weighted by Crippen LogP contribution is 2.28. The Hall–Kier alpha value is -1.49. The molecule has 0 saturated carbocycles. The average molecular weight is 310 g/mol. The van der Waals surface area contributed by atoms with E-state index in [2.05, 4.69) is 39.3 Å². The zero-order valence-electron chi connectivity index (χ0n) is 10.6. The van der Waals surface area contributed by atoms with Crippen molar-refractivity contribution in [3.05, 3.63) is 40.5 Å². The molecule has 0 amide bonds. The van der Waals surface area contributed by atoms with Crippen LogP contribution in [0.4, 0.5) is 5.82 Å². The molecule has 0 bridgehead atoms. The average Bonchev–Trinajstić information content (AvgIpc) is 2.74. The number of rotatable bonds is 4. The molecular formula is C13H16BrN3O. The minimum Gasteiger partial charge on any atom is -0.496 e. The summed E-state index contributed by atoms with van der Waals surface area (Å²) in [5.74, 6) is 1.71. The van der Waals surface area contributed by atoms with Crippen LogP contribution in [0.3, 0.4) is 0 Å². The maximum Gasteiger partial charge on any atom is 0.148 e. The van der Waals surface area contributed by atoms with E-state index < -0.39 is 0 Å². The molecule has 1 heterocycles. The largest absolute Gasteiger partial charge is 0.496 e. The van der Waals surface area contributed by atoms with E-state index in [1.807, 2.05) is 31.4 Å². The third-order valence-electron chi connectivity index (χ3n) is 2.75. The van der Waals surface area contributed by atoms with Crippen LogP contribution in [0.25, 0.3) is 0 Å². The van der Waals surface area contributed by atoms with Gasteiger partial charge in [0, 0.05) is 19.3 Å². The van der Waals surface area contributed by atoms with E-state index >= 15 is 0 Å². The number of ether oxygens (including phenoxy) is 1. The van der Waals surface area contributed by atoms with Gasteiger partial charge < -0.3 is 10.1 Å². The molecule has 0 saturated heterocycles. The summed E-state index contributed by atoms with van der Waals surface area (Å²) >= 11 is 3.49. The Kier molecular flexibility index (Phi) is 3.91. The van der Waals surface area contributed by atoms with E-state index in [9.17, 15) is 0 Å². The molecule has 0 aliphatic heterocycles. The fourth-order valence-corrected chi connectivity index (χ4v) is 2.31. The van der Waals surface area contributed by atoms with Gasteiger partial charge in [0.05, 0.1) is 17.6 Å². The summed E-state index contributed by atoms with van der Waals surface area (Å²) in [5.41, 5.74) is 1.17. The molecule has 0 fully saturated rings. The standard InChI is InChI=1S/C13H16BrN3O/c1-9(15-13-6-7-17(2)16-13)10-4-5-12(18-3)11(14)8-10/h4-9H,1-3H3,(H,15,16). The Morgan fingerprint density at radius 2 is 2.17 bits per heavy atom. The molecule has 18 heavy (non-hydrogen) atoms. The monoisotopic (exact) mass is 309 g/mol. The molecule has 0 radical (unpaired) electrons. The van der Waals surface area contributed by atoms with Gasteiger partial charge in [0.25, 0.3) is 0 Å². The molecule has 0 spiro atoms. The summed E-state index contributed by atoms with van der Waals surface area (Å²) in [6, 6.07) is 8.19. The maximum atomic E-state index is 5.22. The van der Waals surface area contributed by atoms with Crippen molar-refractivity contribution in [1.29, 1.82) is 0 Å². The van der Waals surface area contributed by atoms with Crippen LogP contribution in [0.15, 0.2) is 34.9 Å². The Morgan fingerprint density at radius 3 is 2.72 bits per heavy atom. The molecule has 1 N–H and O–H groups in total. The Labute approximate surface area is 115 Å². The second kappa shape index (κ2) is 5.44. The van der Waals surface area contributed by atoms with Gasteiger partial charge in [-0.2, -0.15) is 5.10 Å². The molecule has 1 aromatic heterocycles. The Balaban J connectivity index is 2.13. The van der Waals surface area contributed by atoms with Crippen molar-refractivity contribution in [2.75, 3.05) is 12.4 Å². The van der Waals surface area contributed by atoms with Crippen LogP contribution >= 0.6 is 15.9 Å². The highest BCUT2D eigenvalue weighted by atomic mass is 79.9. The molecular weight excluding hydrogens is 294 g/mol. The van der Waals surface area contributed by atoms with Crippen LogP contribution in [0, 0.1) is 0 Å². The van der Waals surface area contributed by atoms with E-state index in [0.717, 1.165) is 16.0 Å². The van der Waals surface area contributed by atoms with Gasteiger partial charge in [-0.05, 0) is 40.5 Å². The number of aromatic nitrogens is 2. The zero-order valence-corrected chi connectivity index (χ0v) is 12.2. The van der Waals surface area contributed by atoms with Gasteiger partial charge in [0.2, 0.25) is 0 Å². The fourth-order valence-electron chi connectivity index (χ4n) is 1.75. The fraction of sp³-hybridized carbons (Fsp3) is 0.308. The summed E-state index contributed by atoms with van der Waals surface area (Å²) in [4.78, 5) is 0. The number of methoxy groups -OCH3 is 1. The summed E-state index contributed by atoms with van der Waals surface area (Å²) in [5, 5.41) is 7.65. The summed E-state index contributed by atoms with van der Waals surface area (Å²) in [6.07, 6.45) is 1.92. The zero-order chi connectivity index (χ0) is 13.1. The minimum atomic E-state index is 0.183. The number of aryl methyl sites for hydroxylation is 1. The van der Waals surface area contributed by atoms with Crippen molar-refractivity contribution >= 4 is 21.7 Å². The van der Waals surface area contributed by atoms with Gasteiger partial charge in [-0.25, -0.2) is 0 Å². The summed E-state index contributed by atoms with van der Waals surface area (Å²) in [6.45, 7) is 2.10. The van der Waals surface area contributed by atoms with Crippen LogP contribution in [0.2, 0.25) is 0 Å². The highest BCUT2D eigenvalue weighted by molar-refractivity contribution is 9.10. The first kappa shape index (κ1) is 13.0. The Bertz CT molecular complexity index is 539. The predicted molar refractivity (Wildman–Crippen MR) is 75.9 cm³/mol. The van der Waals surface area contributed by atoms with Crippen molar-refractivity contribution in [1.82, 2.24) is 9.78 Å². The molecule has 1 atom stereocenters. The molecule has 1 aromatic carbocycles. The number of nitrogens with one attached hydrogen (secondary N) is 1. The molecule has 0 aliphatic carbocycles. The van der Waals surface area contributed by atoms with E-state index in [0.29, 0.717) is 0 Å². The lowest BCUT2D eigenvalue weighted by molar-refractivity contribution is 0.412. The third kappa shape index (κ3) is 2.85. The van der Waals surface area contributed by atoms with Gasteiger partial charge in [-0.3, -0.25) is 4.68 Å². The normalized spacial score (nSPS) is 12.2. The van der Waals surface area contributed by atoms with Gasteiger partial charge in [0.1, 0.15) is 11.6 Å². The molecule has 2 aromatic rings. The summed E-state index contributed by atoms with van der Waals surface area (Å²) in [7, 11) is 3.56. The number of hydrogen-bond acceptors (Lipinski definition) is 3. The first-order chi connectivity index (χ1) is 8.60. The molecule has 2 rings (SSSR count). The van der Waals surface area contributed by atoms with E-state index in [4.69, 9.17) is 4.74 Å². The lowest BCUT2D eigenvalue weighted by atomic mass is 10.1. The quantitative estimate of drug-likeness (QED) is 0.941. The second-order valence-corrected chi connectivity index (χ2v) is 4.99. The number of benzene rings is 1. The van der Waals surface area contributed by atoms with Crippen LogP contribution in [-0.4, -0.2) is 16.9 Å². The van der Waals surface area contributed by atoms with Crippen molar-refractivity contribution in [2.45, 2.75) is 13.0 Å². The van der Waals surface area contributed by atoms with Crippen molar-refractivity contribution in [3.63, 3.8) is 0 Å². The molecule has 5 heteroatoms. The van der Waals surface area contributed by atoms with E-state index in [1.54, 1.807) is 11.8 Å². The van der Waals surface area contributed by atoms with Crippen LogP contribution in [0.1, 0.15) is 18.5 Å². The molecule has 1 unspecified atom stereocenters. The maximum absolute atomic E-state index is 5.22. The number of nitrogens with zero attached hydrogens (tertiary/aromatic N) is 2. The van der Waals surface area contributed by atoms with Crippen LogP contribution in [0.5, 0.6) is 5.75 Å². The van der Waals surface area contributed by atoms with Crippen molar-refractivity contribution < 1.29 is 4.74 Å². The number of hydrogen-bond donors (Lipinski definition) is 1. The van der Waals surface area contributed by atoms with Crippen LogP contribution < -0.4 is 10.1 Å². The summed E-state index contributed by atoms with van der Waals surface area (Å²) < 4.78 is 7.95. The third-order valence-corrected chi connectivity index (χ3v) is 3.37. The number of anilines is 1. The Morgan fingerprint density at radius 1 is 1.39 bits per heavy atom. The van der Waals surface area contributed by atoms with Crippen molar-refractivity contribution in [3.8, 4) is 5.75 Å². The van der Waals surface area contributed by atoms with Gasteiger partial charge in [-0.1, -0.05) is 6.07 Å². The smallest absolute Gasteiger partial charge is 0.148 e. The van der Waals surface area contributed by atoms with Gasteiger partial charge in [-0.15, -0.1) is 0 Å². The van der Waals surface area contributed by atoms with E-state index in [-0.39, 0.29) is 6.04 Å². The lowest BCUT2D eigenvalue weighted by Crippen LogP contribution is -2.07. The van der Waals surface area contributed by atoms with Gasteiger partial charge in [0.15, 0.2) is 0 Å². The molecule has 0 aliphatic rings. The number of halogens is 1. The van der Waals surface area contributed by atoms with Gasteiger partial charge >= 0.3 is 0 Å². The second-order valence-electron chi connectivity index (χ2n) is 4.13. The first-order valence-corrected chi connectivity index (χ1v) is 6.49. The lowest BCUT2D eigenvalue weighted by Gasteiger charge is -2.15. The molecule has 96 valence electrons. The van der Waals surface area contributed by atoms with Crippen molar-refractivity contribution in [2.24, 2.45) is 7.05 Å².